The number of alkyl carbamates (subject to hydrolysis) is 1. The molecule has 0 aromatic heterocycles. The zero-order valence-electron chi connectivity index (χ0n) is 11.6. The second kappa shape index (κ2) is 5.69. The average molecular weight is 257 g/mol. The van der Waals surface area contributed by atoms with Crippen LogP contribution in [0.5, 0.6) is 0 Å². The van der Waals surface area contributed by atoms with Gasteiger partial charge >= 0.3 is 6.09 Å². The van der Waals surface area contributed by atoms with Crippen LogP contribution in [0.4, 0.5) is 4.79 Å². The van der Waals surface area contributed by atoms with Crippen LogP contribution in [0.1, 0.15) is 40.0 Å². The summed E-state index contributed by atoms with van der Waals surface area (Å²) < 4.78 is 10.2. The summed E-state index contributed by atoms with van der Waals surface area (Å²) in [6.45, 7) is 6.07. The molecule has 0 saturated heterocycles. The highest BCUT2D eigenvalue weighted by molar-refractivity contribution is 5.77. The summed E-state index contributed by atoms with van der Waals surface area (Å²) in [6, 6.07) is 0. The van der Waals surface area contributed by atoms with Crippen LogP contribution in [0.25, 0.3) is 0 Å². The van der Waals surface area contributed by atoms with Crippen molar-refractivity contribution in [3.05, 3.63) is 0 Å². The van der Waals surface area contributed by atoms with Gasteiger partial charge in [-0.25, -0.2) is 4.79 Å². The Morgan fingerprint density at radius 1 is 1.44 bits per heavy atom. The van der Waals surface area contributed by atoms with Crippen LogP contribution in [0.15, 0.2) is 0 Å². The van der Waals surface area contributed by atoms with Gasteiger partial charge in [0.25, 0.3) is 0 Å². The molecular weight excluding hydrogens is 234 g/mol. The van der Waals surface area contributed by atoms with E-state index in [1.54, 1.807) is 27.9 Å². The maximum atomic E-state index is 11.6. The molecule has 1 N–H and O–H groups in total. The number of aldehydes is 1. The Labute approximate surface area is 108 Å². The predicted octanol–water partition coefficient (Wildman–Crippen LogP) is 1.90. The minimum absolute atomic E-state index is 0.435. The van der Waals surface area contributed by atoms with Gasteiger partial charge in [0.15, 0.2) is 0 Å². The van der Waals surface area contributed by atoms with E-state index in [0.717, 1.165) is 12.7 Å². The topological polar surface area (TPSA) is 64.6 Å². The van der Waals surface area contributed by atoms with Gasteiger partial charge in [0.05, 0.1) is 5.54 Å². The molecule has 0 radical (unpaired) electrons. The van der Waals surface area contributed by atoms with E-state index in [0.29, 0.717) is 25.4 Å². The molecule has 1 rings (SSSR count). The molecule has 0 unspecified atom stereocenters. The molecule has 1 aliphatic rings. The van der Waals surface area contributed by atoms with Gasteiger partial charge in [-0.05, 0) is 46.0 Å². The van der Waals surface area contributed by atoms with Gasteiger partial charge in [-0.3, -0.25) is 0 Å². The molecule has 0 atom stereocenters. The highest BCUT2D eigenvalue weighted by Gasteiger charge is 2.45. The largest absolute Gasteiger partial charge is 0.444 e. The zero-order chi connectivity index (χ0) is 13.8. The normalized spacial score (nSPS) is 27.2. The molecule has 1 amide bonds. The average Bonchev–Trinajstić information content (AvgIpc) is 2.18. The lowest BCUT2D eigenvalue weighted by Gasteiger charge is -2.44. The summed E-state index contributed by atoms with van der Waals surface area (Å²) in [6.07, 6.45) is 2.54. The Morgan fingerprint density at radius 2 is 2.06 bits per heavy atom. The lowest BCUT2D eigenvalue weighted by atomic mass is 9.68. The van der Waals surface area contributed by atoms with Crippen molar-refractivity contribution in [2.45, 2.75) is 51.2 Å². The number of carbonyl (C=O) groups is 2. The Bertz CT molecular complexity index is 303. The molecular formula is C13H23NO4. The second-order valence-corrected chi connectivity index (χ2v) is 5.96. The summed E-state index contributed by atoms with van der Waals surface area (Å²) in [4.78, 5) is 22.8. The smallest absolute Gasteiger partial charge is 0.408 e. The first-order chi connectivity index (χ1) is 8.30. The third kappa shape index (κ3) is 4.29. The van der Waals surface area contributed by atoms with Crippen molar-refractivity contribution in [1.82, 2.24) is 5.32 Å². The van der Waals surface area contributed by atoms with Gasteiger partial charge in [-0.1, -0.05) is 0 Å². The van der Waals surface area contributed by atoms with Crippen LogP contribution in [0.3, 0.4) is 0 Å². The van der Waals surface area contributed by atoms with Gasteiger partial charge in [-0.2, -0.15) is 0 Å². The van der Waals surface area contributed by atoms with Crippen molar-refractivity contribution >= 4 is 12.4 Å². The van der Waals surface area contributed by atoms with E-state index < -0.39 is 17.2 Å². The lowest BCUT2D eigenvalue weighted by molar-refractivity contribution is -0.118. The molecule has 1 saturated carbocycles. The third-order valence-corrected chi connectivity index (χ3v) is 3.01. The summed E-state index contributed by atoms with van der Waals surface area (Å²) in [5, 5.41) is 2.67. The van der Waals surface area contributed by atoms with E-state index in [2.05, 4.69) is 5.32 Å². The summed E-state index contributed by atoms with van der Waals surface area (Å²) in [5.41, 5.74) is -1.28. The Balaban J connectivity index is 2.40. The molecule has 5 nitrogen and oxygen atoms in total. The quantitative estimate of drug-likeness (QED) is 0.764. The Kier molecular flexibility index (Phi) is 4.73. The maximum Gasteiger partial charge on any atom is 0.408 e. The van der Waals surface area contributed by atoms with E-state index in [9.17, 15) is 9.59 Å². The summed E-state index contributed by atoms with van der Waals surface area (Å²) in [5.74, 6) is 0.435. The van der Waals surface area contributed by atoms with Crippen molar-refractivity contribution in [1.29, 1.82) is 0 Å². The van der Waals surface area contributed by atoms with Crippen LogP contribution in [0, 0.1) is 5.92 Å². The number of amides is 1. The van der Waals surface area contributed by atoms with E-state index >= 15 is 0 Å². The van der Waals surface area contributed by atoms with Crippen LogP contribution in [-0.4, -0.2) is 37.2 Å². The van der Waals surface area contributed by atoms with Crippen LogP contribution >= 0.6 is 0 Å². The molecule has 0 aliphatic heterocycles. The second-order valence-electron chi connectivity index (χ2n) is 5.96. The fourth-order valence-electron chi connectivity index (χ4n) is 2.19. The molecule has 104 valence electrons. The molecule has 1 aliphatic carbocycles. The van der Waals surface area contributed by atoms with Crippen molar-refractivity contribution < 1.29 is 19.1 Å². The number of hydrogen-bond acceptors (Lipinski definition) is 4. The van der Waals surface area contributed by atoms with Gasteiger partial charge < -0.3 is 19.6 Å². The molecule has 0 heterocycles. The fourth-order valence-corrected chi connectivity index (χ4v) is 2.19. The maximum absolute atomic E-state index is 11.6. The van der Waals surface area contributed by atoms with E-state index in [4.69, 9.17) is 9.47 Å². The fraction of sp³-hybridized carbons (Fsp3) is 0.846. The first-order valence-corrected chi connectivity index (χ1v) is 6.27. The summed E-state index contributed by atoms with van der Waals surface area (Å²) in [7, 11) is 1.66. The standard InChI is InChI=1S/C13H23NO4/c1-12(2,3)18-11(16)14-13(9-15)7-10(8-13)5-6-17-4/h9-10H,5-8H2,1-4H3,(H,14,16). The Morgan fingerprint density at radius 3 is 2.50 bits per heavy atom. The van der Waals surface area contributed by atoms with Crippen LogP contribution in [-0.2, 0) is 14.3 Å². The van der Waals surface area contributed by atoms with E-state index in [1.807, 2.05) is 0 Å². The van der Waals surface area contributed by atoms with E-state index in [1.165, 1.54) is 0 Å². The van der Waals surface area contributed by atoms with E-state index in [-0.39, 0.29) is 0 Å². The van der Waals surface area contributed by atoms with Gasteiger partial charge in [-0.15, -0.1) is 0 Å². The van der Waals surface area contributed by atoms with Gasteiger partial charge in [0.2, 0.25) is 0 Å². The summed E-state index contributed by atoms with van der Waals surface area (Å²) >= 11 is 0. The SMILES string of the molecule is COCCC1CC(C=O)(NC(=O)OC(C)(C)C)C1. The number of ether oxygens (including phenoxy) is 2. The van der Waals surface area contributed by atoms with Crippen LogP contribution in [0.2, 0.25) is 0 Å². The monoisotopic (exact) mass is 257 g/mol. The van der Waals surface area contributed by atoms with Crippen molar-refractivity contribution in [2.75, 3.05) is 13.7 Å². The number of rotatable bonds is 5. The van der Waals surface area contributed by atoms with Gasteiger partial charge in [0.1, 0.15) is 11.9 Å². The number of hydrogen-bond donors (Lipinski definition) is 1. The molecule has 18 heavy (non-hydrogen) atoms. The third-order valence-electron chi connectivity index (χ3n) is 3.01. The first-order valence-electron chi connectivity index (χ1n) is 6.27. The molecule has 0 aromatic rings. The minimum Gasteiger partial charge on any atom is -0.444 e. The van der Waals surface area contributed by atoms with Crippen molar-refractivity contribution in [3.63, 3.8) is 0 Å². The highest BCUT2D eigenvalue weighted by Crippen LogP contribution is 2.38. The Hall–Kier alpha value is -1.10. The zero-order valence-corrected chi connectivity index (χ0v) is 11.6. The van der Waals surface area contributed by atoms with Crippen LogP contribution < -0.4 is 5.32 Å². The minimum atomic E-state index is -0.735. The van der Waals surface area contributed by atoms with Gasteiger partial charge in [0, 0.05) is 13.7 Å². The number of methoxy groups -OCH3 is 1. The van der Waals surface area contributed by atoms with Crippen molar-refractivity contribution in [3.8, 4) is 0 Å². The lowest BCUT2D eigenvalue weighted by Crippen LogP contribution is -2.59. The predicted molar refractivity (Wildman–Crippen MR) is 67.4 cm³/mol. The number of carbonyl (C=O) groups excluding carboxylic acids is 2. The molecule has 5 heteroatoms. The molecule has 0 bridgehead atoms. The molecule has 0 aromatic carbocycles. The highest BCUT2D eigenvalue weighted by atomic mass is 16.6. The molecule has 0 spiro atoms. The van der Waals surface area contributed by atoms with Crippen molar-refractivity contribution in [2.24, 2.45) is 5.92 Å². The molecule has 1 fully saturated rings. The number of nitrogens with one attached hydrogen (secondary N) is 1. The first kappa shape index (κ1) is 15.0.